The van der Waals surface area contributed by atoms with Crippen molar-refractivity contribution in [3.05, 3.63) is 151 Å². The average Bonchev–Trinajstić information content (AvgIpc) is 3.36. The Hall–Kier alpha value is -5.15. The molecule has 8 rings (SSSR count). The molecule has 41 heavy (non-hydrogen) atoms. The van der Waals surface area contributed by atoms with Crippen LogP contribution in [0.4, 0.5) is 17.1 Å². The highest BCUT2D eigenvalue weighted by Crippen LogP contribution is 2.48. The van der Waals surface area contributed by atoms with Crippen molar-refractivity contribution in [1.29, 1.82) is 0 Å². The number of nitrogens with zero attached hydrogens (tertiary/aromatic N) is 3. The van der Waals surface area contributed by atoms with E-state index in [0.29, 0.717) is 0 Å². The Kier molecular flexibility index (Phi) is 5.17. The summed E-state index contributed by atoms with van der Waals surface area (Å²) in [7, 11) is 0. The molecule has 7 aromatic rings. The molecule has 1 aliphatic heterocycles. The molecule has 0 amide bonds. The van der Waals surface area contributed by atoms with Crippen molar-refractivity contribution in [3.63, 3.8) is 0 Å². The van der Waals surface area contributed by atoms with Gasteiger partial charge in [-0.15, -0.1) is 0 Å². The lowest BCUT2D eigenvalue weighted by Gasteiger charge is -2.34. The van der Waals surface area contributed by atoms with E-state index in [1.165, 1.54) is 49.7 Å². The maximum atomic E-state index is 4.50. The van der Waals surface area contributed by atoms with Gasteiger partial charge in [0.05, 0.1) is 16.7 Å². The lowest BCUT2D eigenvalue weighted by Crippen LogP contribution is -2.26. The van der Waals surface area contributed by atoms with Gasteiger partial charge in [-0.3, -0.25) is 4.98 Å². The van der Waals surface area contributed by atoms with Crippen LogP contribution in [-0.2, 0) is 5.41 Å². The molecule has 1 aliphatic rings. The SMILES string of the molecule is CC1(C)c2cnccc2-n2c3ccc(N(c4ccccc4)c4ccc(-c5ccccc5)cc4)cc3c3cccc1c32. The van der Waals surface area contributed by atoms with E-state index >= 15 is 0 Å². The van der Waals surface area contributed by atoms with Gasteiger partial charge in [-0.05, 0) is 65.2 Å². The first-order valence-electron chi connectivity index (χ1n) is 14.1. The molecule has 3 heteroatoms. The van der Waals surface area contributed by atoms with Crippen LogP contribution in [0.15, 0.2) is 140 Å². The topological polar surface area (TPSA) is 21.1 Å². The first-order chi connectivity index (χ1) is 20.1. The first-order valence-corrected chi connectivity index (χ1v) is 14.1. The lowest BCUT2D eigenvalue weighted by molar-refractivity contribution is 0.626. The summed E-state index contributed by atoms with van der Waals surface area (Å²) in [6.07, 6.45) is 3.94. The molecular formula is C38H29N3. The fraction of sp³-hybridized carbons (Fsp3) is 0.0789. The van der Waals surface area contributed by atoms with Crippen molar-refractivity contribution in [3.8, 4) is 16.8 Å². The maximum Gasteiger partial charge on any atom is 0.0582 e. The van der Waals surface area contributed by atoms with Crippen LogP contribution >= 0.6 is 0 Å². The number of benzene rings is 5. The molecular weight excluding hydrogens is 498 g/mol. The molecule has 0 fully saturated rings. The molecule has 0 spiro atoms. The van der Waals surface area contributed by atoms with Crippen molar-refractivity contribution in [2.75, 3.05) is 4.90 Å². The van der Waals surface area contributed by atoms with Crippen LogP contribution in [0.25, 0.3) is 38.6 Å². The number of hydrogen-bond acceptors (Lipinski definition) is 2. The van der Waals surface area contributed by atoms with Gasteiger partial charge in [0.2, 0.25) is 0 Å². The number of pyridine rings is 1. The van der Waals surface area contributed by atoms with Crippen LogP contribution < -0.4 is 4.90 Å². The van der Waals surface area contributed by atoms with E-state index in [1.54, 1.807) is 0 Å². The summed E-state index contributed by atoms with van der Waals surface area (Å²) in [4.78, 5) is 6.85. The number of para-hydroxylation sites is 2. The summed E-state index contributed by atoms with van der Waals surface area (Å²) in [6, 6.07) is 45.9. The van der Waals surface area contributed by atoms with E-state index in [2.05, 4.69) is 156 Å². The molecule has 0 bridgehead atoms. The zero-order valence-electron chi connectivity index (χ0n) is 23.1. The maximum absolute atomic E-state index is 4.50. The molecule has 3 nitrogen and oxygen atoms in total. The van der Waals surface area contributed by atoms with Gasteiger partial charge in [-0.2, -0.15) is 0 Å². The van der Waals surface area contributed by atoms with E-state index in [0.717, 1.165) is 17.1 Å². The highest BCUT2D eigenvalue weighted by molar-refractivity contribution is 6.12. The van der Waals surface area contributed by atoms with Gasteiger partial charge in [0.15, 0.2) is 0 Å². The number of aromatic nitrogens is 2. The molecule has 0 aliphatic carbocycles. The van der Waals surface area contributed by atoms with Crippen molar-refractivity contribution in [1.82, 2.24) is 9.55 Å². The Morgan fingerprint density at radius 2 is 1.27 bits per heavy atom. The summed E-state index contributed by atoms with van der Waals surface area (Å²) in [5.41, 5.74) is 12.0. The highest BCUT2D eigenvalue weighted by atomic mass is 15.1. The molecule has 196 valence electrons. The smallest absolute Gasteiger partial charge is 0.0582 e. The third kappa shape index (κ3) is 3.56. The van der Waals surface area contributed by atoms with E-state index in [4.69, 9.17) is 0 Å². The number of rotatable bonds is 4. The molecule has 0 radical (unpaired) electrons. The van der Waals surface area contributed by atoms with Crippen LogP contribution in [0.3, 0.4) is 0 Å². The van der Waals surface area contributed by atoms with Gasteiger partial charge < -0.3 is 9.47 Å². The van der Waals surface area contributed by atoms with Crippen LogP contribution in [0, 0.1) is 0 Å². The predicted molar refractivity (Wildman–Crippen MR) is 171 cm³/mol. The average molecular weight is 528 g/mol. The van der Waals surface area contributed by atoms with Crippen LogP contribution in [0.5, 0.6) is 0 Å². The zero-order valence-corrected chi connectivity index (χ0v) is 23.1. The molecule has 0 saturated carbocycles. The fourth-order valence-electron chi connectivity index (χ4n) is 6.62. The summed E-state index contributed by atoms with van der Waals surface area (Å²) >= 11 is 0. The second kappa shape index (κ2) is 8.94. The van der Waals surface area contributed by atoms with Gasteiger partial charge in [0.25, 0.3) is 0 Å². The van der Waals surface area contributed by atoms with Crippen molar-refractivity contribution >= 4 is 38.9 Å². The van der Waals surface area contributed by atoms with Crippen molar-refractivity contribution in [2.24, 2.45) is 0 Å². The van der Waals surface area contributed by atoms with Gasteiger partial charge >= 0.3 is 0 Å². The largest absolute Gasteiger partial charge is 0.310 e. The van der Waals surface area contributed by atoms with E-state index < -0.39 is 0 Å². The second-order valence-electron chi connectivity index (χ2n) is 11.3. The molecule has 3 heterocycles. The Bertz CT molecular complexity index is 2050. The highest BCUT2D eigenvalue weighted by Gasteiger charge is 2.35. The van der Waals surface area contributed by atoms with Gasteiger partial charge in [-0.1, -0.05) is 92.7 Å². The monoisotopic (exact) mass is 527 g/mol. The zero-order chi connectivity index (χ0) is 27.6. The minimum atomic E-state index is -0.132. The Morgan fingerprint density at radius 3 is 2.05 bits per heavy atom. The van der Waals surface area contributed by atoms with Crippen LogP contribution in [0.2, 0.25) is 0 Å². The van der Waals surface area contributed by atoms with Gasteiger partial charge in [0.1, 0.15) is 0 Å². The van der Waals surface area contributed by atoms with E-state index in [1.807, 2.05) is 12.4 Å². The van der Waals surface area contributed by atoms with Gasteiger partial charge in [0, 0.05) is 51.2 Å². The Morgan fingerprint density at radius 1 is 0.585 bits per heavy atom. The second-order valence-corrected chi connectivity index (χ2v) is 11.3. The van der Waals surface area contributed by atoms with E-state index in [9.17, 15) is 0 Å². The third-order valence-electron chi connectivity index (χ3n) is 8.66. The number of hydrogen-bond donors (Lipinski definition) is 0. The molecule has 0 saturated heterocycles. The summed E-state index contributed by atoms with van der Waals surface area (Å²) < 4.78 is 2.44. The number of fused-ring (bicyclic) bond motifs is 5. The Labute approximate surface area is 240 Å². The molecule has 0 N–H and O–H groups in total. The predicted octanol–water partition coefficient (Wildman–Crippen LogP) is 9.95. The minimum absolute atomic E-state index is 0.132. The lowest BCUT2D eigenvalue weighted by atomic mass is 9.75. The molecule has 5 aromatic carbocycles. The minimum Gasteiger partial charge on any atom is -0.310 e. The normalized spacial score (nSPS) is 13.3. The van der Waals surface area contributed by atoms with Crippen LogP contribution in [0.1, 0.15) is 25.0 Å². The Balaban J connectivity index is 1.34. The third-order valence-corrected chi connectivity index (χ3v) is 8.66. The van der Waals surface area contributed by atoms with Crippen LogP contribution in [-0.4, -0.2) is 9.55 Å². The van der Waals surface area contributed by atoms with Crippen molar-refractivity contribution in [2.45, 2.75) is 19.3 Å². The molecule has 0 atom stereocenters. The fourth-order valence-corrected chi connectivity index (χ4v) is 6.62. The van der Waals surface area contributed by atoms with Gasteiger partial charge in [-0.25, -0.2) is 0 Å². The summed E-state index contributed by atoms with van der Waals surface area (Å²) in [5, 5.41) is 2.53. The first kappa shape index (κ1) is 23.7. The summed E-state index contributed by atoms with van der Waals surface area (Å²) in [5.74, 6) is 0. The molecule has 2 aromatic heterocycles. The molecule has 0 unspecified atom stereocenters. The standard InChI is InChI=1S/C38H29N3/c1-38(2)33-15-9-14-31-32-24-30(20-21-35(32)41(37(31)33)36-22-23-39-25-34(36)38)40(28-12-7-4-8-13-28)29-18-16-27(17-19-29)26-10-5-3-6-11-26/h3-25H,1-2H3. The quantitative estimate of drug-likeness (QED) is 0.227. The summed E-state index contributed by atoms with van der Waals surface area (Å²) in [6.45, 7) is 4.62. The number of anilines is 3. The van der Waals surface area contributed by atoms with E-state index in [-0.39, 0.29) is 5.41 Å². The van der Waals surface area contributed by atoms with Crippen molar-refractivity contribution < 1.29 is 0 Å².